The molecule has 0 bridgehead atoms. The highest BCUT2D eigenvalue weighted by Gasteiger charge is 2.30. The first-order chi connectivity index (χ1) is 12.3. The van der Waals surface area contributed by atoms with Crippen LogP contribution in [0, 0.1) is 5.92 Å². The summed E-state index contributed by atoms with van der Waals surface area (Å²) in [6.07, 6.45) is 8.57. The quantitative estimate of drug-likeness (QED) is 0.924. The number of benzene rings is 1. The molecule has 4 rings (SSSR count). The Morgan fingerprint density at radius 2 is 1.92 bits per heavy atom. The summed E-state index contributed by atoms with van der Waals surface area (Å²) in [5.41, 5.74) is 2.65. The van der Waals surface area contributed by atoms with Crippen molar-refractivity contribution in [3.05, 3.63) is 18.3 Å². The van der Waals surface area contributed by atoms with Crippen LogP contribution in [0.5, 0.6) is 5.75 Å². The highest BCUT2D eigenvalue weighted by atomic mass is 16.5. The van der Waals surface area contributed by atoms with Gasteiger partial charge < -0.3 is 15.0 Å². The minimum absolute atomic E-state index is 0.0382. The van der Waals surface area contributed by atoms with Crippen LogP contribution in [0.1, 0.15) is 38.5 Å². The number of anilines is 2. The van der Waals surface area contributed by atoms with Crippen LogP contribution in [-0.4, -0.2) is 36.1 Å². The fourth-order valence-corrected chi connectivity index (χ4v) is 3.43. The number of rotatable bonds is 4. The number of nitrogens with zero attached hydrogens (tertiary/aromatic N) is 3. The first-order valence-corrected chi connectivity index (χ1v) is 9.16. The molecule has 0 radical (unpaired) electrons. The Morgan fingerprint density at radius 3 is 2.60 bits per heavy atom. The first-order valence-electron chi connectivity index (χ1n) is 9.16. The Hall–Kier alpha value is -2.37. The van der Waals surface area contributed by atoms with Crippen molar-refractivity contribution in [3.8, 4) is 5.75 Å². The van der Waals surface area contributed by atoms with Gasteiger partial charge in [-0.25, -0.2) is 9.97 Å². The summed E-state index contributed by atoms with van der Waals surface area (Å²) in [4.78, 5) is 23.7. The number of hydrogen-bond acceptors (Lipinski definition) is 5. The minimum Gasteiger partial charge on any atom is -0.494 e. The molecule has 1 aliphatic heterocycles. The third-order valence-corrected chi connectivity index (χ3v) is 5.01. The maximum atomic E-state index is 12.0. The lowest BCUT2D eigenvalue weighted by atomic mass is 10.2. The largest absolute Gasteiger partial charge is 0.494 e. The van der Waals surface area contributed by atoms with Crippen LogP contribution in [0.15, 0.2) is 18.3 Å². The van der Waals surface area contributed by atoms with Crippen molar-refractivity contribution in [3.63, 3.8) is 0 Å². The van der Waals surface area contributed by atoms with Crippen LogP contribution >= 0.6 is 0 Å². The Kier molecular flexibility index (Phi) is 4.42. The molecule has 2 heterocycles. The standard InChI is InChI=1S/C19H24N4O2/c1-25-15-9-8-14(23-10-4-2-3-5-11-23)17-18(15)21-16(12-20-17)22-19(24)13-6-7-13/h8-9,12-13H,2-7,10-11H2,1H3,(H,21,22,24). The molecule has 1 aromatic carbocycles. The molecule has 1 saturated heterocycles. The van der Waals surface area contributed by atoms with Gasteiger partial charge in [-0.3, -0.25) is 4.79 Å². The van der Waals surface area contributed by atoms with Crippen molar-refractivity contribution in [2.24, 2.45) is 5.92 Å². The summed E-state index contributed by atoms with van der Waals surface area (Å²) in [6.45, 7) is 2.09. The summed E-state index contributed by atoms with van der Waals surface area (Å²) in [7, 11) is 1.64. The van der Waals surface area contributed by atoms with Crippen LogP contribution in [0.4, 0.5) is 11.5 Å². The van der Waals surface area contributed by atoms with Gasteiger partial charge in [0.25, 0.3) is 0 Å². The Bertz CT molecular complexity index is 780. The van der Waals surface area contributed by atoms with E-state index in [1.165, 1.54) is 25.7 Å². The summed E-state index contributed by atoms with van der Waals surface area (Å²) in [5.74, 6) is 1.36. The van der Waals surface area contributed by atoms with Crippen LogP contribution in [0.2, 0.25) is 0 Å². The minimum atomic E-state index is 0.0382. The molecule has 1 N–H and O–H groups in total. The Labute approximate surface area is 147 Å². The normalized spacial score (nSPS) is 18.0. The topological polar surface area (TPSA) is 67.3 Å². The van der Waals surface area contributed by atoms with E-state index in [-0.39, 0.29) is 11.8 Å². The Morgan fingerprint density at radius 1 is 1.16 bits per heavy atom. The number of fused-ring (bicyclic) bond motifs is 1. The molecule has 0 spiro atoms. The maximum Gasteiger partial charge on any atom is 0.228 e. The zero-order chi connectivity index (χ0) is 17.2. The van der Waals surface area contributed by atoms with E-state index in [9.17, 15) is 4.79 Å². The van der Waals surface area contributed by atoms with E-state index in [0.717, 1.165) is 37.1 Å². The van der Waals surface area contributed by atoms with Gasteiger partial charge in [-0.05, 0) is 37.8 Å². The van der Waals surface area contributed by atoms with Crippen molar-refractivity contribution in [2.75, 3.05) is 30.4 Å². The SMILES string of the molecule is COc1ccc(N2CCCCCC2)c2ncc(NC(=O)C3CC3)nc12. The van der Waals surface area contributed by atoms with Crippen LogP contribution in [-0.2, 0) is 4.79 Å². The fourth-order valence-electron chi connectivity index (χ4n) is 3.43. The van der Waals surface area contributed by atoms with Crippen molar-refractivity contribution in [1.82, 2.24) is 9.97 Å². The average Bonchev–Trinajstić information content (AvgIpc) is 3.47. The molecular formula is C19H24N4O2. The lowest BCUT2D eigenvalue weighted by Gasteiger charge is -2.24. The van der Waals surface area contributed by atoms with Crippen molar-refractivity contribution in [1.29, 1.82) is 0 Å². The molecule has 0 unspecified atom stereocenters. The second-order valence-electron chi connectivity index (χ2n) is 6.90. The number of amides is 1. The van der Waals surface area contributed by atoms with E-state index in [1.807, 2.05) is 6.07 Å². The molecule has 1 aromatic heterocycles. The number of methoxy groups -OCH3 is 1. The number of hydrogen-bond donors (Lipinski definition) is 1. The molecule has 6 nitrogen and oxygen atoms in total. The molecular weight excluding hydrogens is 316 g/mol. The third kappa shape index (κ3) is 3.38. The van der Waals surface area contributed by atoms with Crippen LogP contribution in [0.25, 0.3) is 11.0 Å². The van der Waals surface area contributed by atoms with Gasteiger partial charge in [0.1, 0.15) is 16.8 Å². The molecule has 1 saturated carbocycles. The summed E-state index contributed by atoms with van der Waals surface area (Å²) < 4.78 is 5.48. The predicted octanol–water partition coefficient (Wildman–Crippen LogP) is 3.37. The van der Waals surface area contributed by atoms with Gasteiger partial charge in [-0.1, -0.05) is 12.8 Å². The highest BCUT2D eigenvalue weighted by molar-refractivity contribution is 5.96. The zero-order valence-corrected chi connectivity index (χ0v) is 14.6. The number of aromatic nitrogens is 2. The molecule has 2 aromatic rings. The van der Waals surface area contributed by atoms with Crippen molar-refractivity contribution in [2.45, 2.75) is 38.5 Å². The molecule has 2 fully saturated rings. The van der Waals surface area contributed by atoms with Gasteiger partial charge in [-0.15, -0.1) is 0 Å². The smallest absolute Gasteiger partial charge is 0.228 e. The summed E-state index contributed by atoms with van der Waals surface area (Å²) in [5, 5.41) is 2.87. The van der Waals surface area contributed by atoms with E-state index in [2.05, 4.69) is 26.3 Å². The number of nitrogens with one attached hydrogen (secondary N) is 1. The second kappa shape index (κ2) is 6.86. The highest BCUT2D eigenvalue weighted by Crippen LogP contribution is 2.34. The maximum absolute atomic E-state index is 12.0. The first kappa shape index (κ1) is 16.1. The van der Waals surface area contributed by atoms with Crippen LogP contribution < -0.4 is 15.0 Å². The lowest BCUT2D eigenvalue weighted by Crippen LogP contribution is -2.24. The number of carbonyl (C=O) groups is 1. The zero-order valence-electron chi connectivity index (χ0n) is 14.6. The Balaban J connectivity index is 1.71. The van der Waals surface area contributed by atoms with E-state index in [4.69, 9.17) is 4.74 Å². The predicted molar refractivity (Wildman–Crippen MR) is 98.1 cm³/mol. The van der Waals surface area contributed by atoms with Crippen LogP contribution in [0.3, 0.4) is 0 Å². The van der Waals surface area contributed by atoms with Gasteiger partial charge in [0.2, 0.25) is 5.91 Å². The van der Waals surface area contributed by atoms with E-state index in [1.54, 1.807) is 13.3 Å². The third-order valence-electron chi connectivity index (χ3n) is 5.01. The summed E-state index contributed by atoms with van der Waals surface area (Å²) in [6, 6.07) is 4.02. The molecule has 0 atom stereocenters. The molecule has 2 aliphatic rings. The van der Waals surface area contributed by atoms with Crippen molar-refractivity contribution >= 4 is 28.4 Å². The van der Waals surface area contributed by atoms with Gasteiger partial charge in [0.05, 0.1) is 19.0 Å². The average molecular weight is 340 g/mol. The summed E-state index contributed by atoms with van der Waals surface area (Å²) >= 11 is 0. The lowest BCUT2D eigenvalue weighted by molar-refractivity contribution is -0.117. The molecule has 25 heavy (non-hydrogen) atoms. The van der Waals surface area contributed by atoms with Gasteiger partial charge in [0, 0.05) is 19.0 Å². The van der Waals surface area contributed by atoms with Gasteiger partial charge in [0.15, 0.2) is 5.82 Å². The van der Waals surface area contributed by atoms with Gasteiger partial charge >= 0.3 is 0 Å². The second-order valence-corrected chi connectivity index (χ2v) is 6.90. The van der Waals surface area contributed by atoms with E-state index < -0.39 is 0 Å². The molecule has 132 valence electrons. The van der Waals surface area contributed by atoms with Crippen molar-refractivity contribution < 1.29 is 9.53 Å². The molecule has 1 amide bonds. The molecule has 1 aliphatic carbocycles. The van der Waals surface area contributed by atoms with E-state index in [0.29, 0.717) is 17.1 Å². The van der Waals surface area contributed by atoms with Gasteiger partial charge in [-0.2, -0.15) is 0 Å². The fraction of sp³-hybridized carbons (Fsp3) is 0.526. The van der Waals surface area contributed by atoms with E-state index >= 15 is 0 Å². The number of ether oxygens (including phenoxy) is 1. The molecule has 6 heteroatoms. The monoisotopic (exact) mass is 340 g/mol. The number of carbonyl (C=O) groups excluding carboxylic acids is 1.